The number of nitrogens with zero attached hydrogens (tertiary/aromatic N) is 3. The predicted octanol–water partition coefficient (Wildman–Crippen LogP) is 4.64. The summed E-state index contributed by atoms with van der Waals surface area (Å²) in [5.41, 5.74) is 4.95. The van der Waals surface area contributed by atoms with Gasteiger partial charge in [-0.1, -0.05) is 35.4 Å². The highest BCUT2D eigenvalue weighted by atomic mass is 35.5. The van der Waals surface area contributed by atoms with Crippen LogP contribution in [0.2, 0.25) is 5.02 Å². The van der Waals surface area contributed by atoms with Gasteiger partial charge in [-0.05, 0) is 70.0 Å². The molecule has 0 saturated heterocycles. The van der Waals surface area contributed by atoms with Crippen LogP contribution in [-0.4, -0.2) is 66.6 Å². The zero-order valence-corrected chi connectivity index (χ0v) is 20.0. The second kappa shape index (κ2) is 12.0. The molecule has 0 fully saturated rings. The second-order valence-electron chi connectivity index (χ2n) is 8.34. The SMILES string of the molecule is C/C(=C\c1c(Cl)ccnc1C)CN(C)CCC(CCO)c1ccc(C(=O)N(C)C)cc1. The van der Waals surface area contributed by atoms with Crippen molar-refractivity contribution in [2.75, 3.05) is 40.8 Å². The molecule has 5 nitrogen and oxygen atoms in total. The fraction of sp³-hybridized carbons (Fsp3) is 0.440. The molecule has 2 rings (SSSR count). The van der Waals surface area contributed by atoms with Crippen molar-refractivity contribution in [2.45, 2.75) is 32.6 Å². The topological polar surface area (TPSA) is 56.7 Å². The molecular weight excluding hydrogens is 410 g/mol. The van der Waals surface area contributed by atoms with Gasteiger partial charge in [0.2, 0.25) is 0 Å². The Hall–Kier alpha value is -2.21. The summed E-state index contributed by atoms with van der Waals surface area (Å²) in [7, 11) is 5.60. The number of aliphatic hydroxyl groups is 1. The largest absolute Gasteiger partial charge is 0.396 e. The van der Waals surface area contributed by atoms with E-state index in [1.807, 2.05) is 37.3 Å². The van der Waals surface area contributed by atoms with E-state index in [1.54, 1.807) is 25.2 Å². The third kappa shape index (κ3) is 7.46. The molecule has 1 unspecified atom stereocenters. The van der Waals surface area contributed by atoms with E-state index >= 15 is 0 Å². The maximum Gasteiger partial charge on any atom is 0.253 e. The Balaban J connectivity index is 1.99. The predicted molar refractivity (Wildman–Crippen MR) is 129 cm³/mol. The summed E-state index contributed by atoms with van der Waals surface area (Å²) < 4.78 is 0. The molecular formula is C25H34ClN3O2. The molecule has 6 heteroatoms. The molecule has 0 spiro atoms. The van der Waals surface area contributed by atoms with Crippen molar-refractivity contribution >= 4 is 23.6 Å². The normalized spacial score (nSPS) is 12.8. The monoisotopic (exact) mass is 443 g/mol. The maximum atomic E-state index is 12.1. The summed E-state index contributed by atoms with van der Waals surface area (Å²) in [6.07, 6.45) is 5.46. The number of pyridine rings is 1. The van der Waals surface area contributed by atoms with Gasteiger partial charge in [-0.2, -0.15) is 0 Å². The van der Waals surface area contributed by atoms with Crippen LogP contribution in [-0.2, 0) is 0 Å². The third-order valence-corrected chi connectivity index (χ3v) is 5.75. The Labute approximate surface area is 191 Å². The number of halogens is 1. The van der Waals surface area contributed by atoms with E-state index in [1.165, 1.54) is 5.57 Å². The smallest absolute Gasteiger partial charge is 0.253 e. The lowest BCUT2D eigenvalue weighted by atomic mass is 9.91. The first-order chi connectivity index (χ1) is 14.7. The van der Waals surface area contributed by atoms with Crippen LogP contribution in [0.15, 0.2) is 42.1 Å². The molecule has 1 aromatic heterocycles. The molecule has 1 N–H and O–H groups in total. The van der Waals surface area contributed by atoms with Crippen LogP contribution in [0.3, 0.4) is 0 Å². The fourth-order valence-corrected chi connectivity index (χ4v) is 3.93. The average molecular weight is 444 g/mol. The van der Waals surface area contributed by atoms with Gasteiger partial charge in [0.05, 0.1) is 5.02 Å². The van der Waals surface area contributed by atoms with Crippen LogP contribution in [0.5, 0.6) is 0 Å². The Morgan fingerprint density at radius 1 is 1.16 bits per heavy atom. The van der Waals surface area contributed by atoms with E-state index in [0.29, 0.717) is 17.0 Å². The van der Waals surface area contributed by atoms with Crippen LogP contribution in [0.25, 0.3) is 6.08 Å². The zero-order valence-electron chi connectivity index (χ0n) is 19.2. The number of hydrogen-bond donors (Lipinski definition) is 1. The fourth-order valence-electron chi connectivity index (χ4n) is 3.68. The number of aromatic nitrogens is 1. The van der Waals surface area contributed by atoms with E-state index in [2.05, 4.69) is 29.9 Å². The van der Waals surface area contributed by atoms with Crippen LogP contribution in [0.1, 0.15) is 52.9 Å². The minimum Gasteiger partial charge on any atom is -0.396 e. The lowest BCUT2D eigenvalue weighted by molar-refractivity contribution is 0.0827. The Kier molecular flexibility index (Phi) is 9.69. The number of benzene rings is 1. The first-order valence-corrected chi connectivity index (χ1v) is 11.0. The van der Waals surface area contributed by atoms with Gasteiger partial charge in [0.1, 0.15) is 0 Å². The van der Waals surface area contributed by atoms with E-state index in [9.17, 15) is 9.90 Å². The molecule has 1 amide bonds. The summed E-state index contributed by atoms with van der Waals surface area (Å²) in [5, 5.41) is 10.3. The molecule has 2 aromatic rings. The lowest BCUT2D eigenvalue weighted by Crippen LogP contribution is -2.23. The highest BCUT2D eigenvalue weighted by Crippen LogP contribution is 2.25. The Morgan fingerprint density at radius 2 is 1.84 bits per heavy atom. The Bertz CT molecular complexity index is 874. The van der Waals surface area contributed by atoms with Gasteiger partial charge < -0.3 is 14.9 Å². The minimum atomic E-state index is -0.00351. The van der Waals surface area contributed by atoms with Gasteiger partial charge in [0.15, 0.2) is 0 Å². The van der Waals surface area contributed by atoms with Crippen LogP contribution >= 0.6 is 11.6 Å². The van der Waals surface area contributed by atoms with Gasteiger partial charge in [-0.3, -0.25) is 9.78 Å². The summed E-state index contributed by atoms with van der Waals surface area (Å²) in [6, 6.07) is 9.58. The number of rotatable bonds is 10. The molecule has 168 valence electrons. The second-order valence-corrected chi connectivity index (χ2v) is 8.75. The average Bonchev–Trinajstić information content (AvgIpc) is 2.73. The number of carbonyl (C=O) groups is 1. The van der Waals surface area contributed by atoms with Crippen LogP contribution in [0.4, 0.5) is 0 Å². The number of amides is 1. The molecule has 0 radical (unpaired) electrons. The lowest BCUT2D eigenvalue weighted by Gasteiger charge is -2.22. The van der Waals surface area contributed by atoms with Gasteiger partial charge in [0.25, 0.3) is 5.91 Å². The number of likely N-dealkylation sites (N-methyl/N-ethyl adjacent to an activating group) is 1. The molecule has 0 aliphatic rings. The molecule has 0 saturated carbocycles. The molecule has 0 bridgehead atoms. The van der Waals surface area contributed by atoms with Crippen molar-refractivity contribution < 1.29 is 9.90 Å². The molecule has 0 aliphatic carbocycles. The Morgan fingerprint density at radius 3 is 2.42 bits per heavy atom. The number of carbonyl (C=O) groups excluding carboxylic acids is 1. The molecule has 1 atom stereocenters. The van der Waals surface area contributed by atoms with E-state index in [4.69, 9.17) is 11.6 Å². The maximum absolute atomic E-state index is 12.1. The quantitative estimate of drug-likeness (QED) is 0.581. The van der Waals surface area contributed by atoms with Crippen LogP contribution in [0, 0.1) is 6.92 Å². The standard InChI is InChI=1S/C25H34ClN3O2/c1-18(16-23-19(2)27-13-10-24(23)26)17-29(5)14-11-21(12-15-30)20-6-8-22(9-7-20)25(31)28(3)4/h6-10,13,16,21,30H,11-12,14-15,17H2,1-5H3/b18-16+. The number of aryl methyl sites for hydroxylation is 1. The molecule has 1 heterocycles. The molecule has 0 aliphatic heterocycles. The van der Waals surface area contributed by atoms with E-state index < -0.39 is 0 Å². The summed E-state index contributed by atoms with van der Waals surface area (Å²) in [4.78, 5) is 20.3. The van der Waals surface area contributed by atoms with E-state index in [0.717, 1.165) is 36.3 Å². The van der Waals surface area contributed by atoms with Crippen molar-refractivity contribution in [1.29, 1.82) is 0 Å². The summed E-state index contributed by atoms with van der Waals surface area (Å²) in [5.74, 6) is 0.242. The van der Waals surface area contributed by atoms with Crippen molar-refractivity contribution in [3.63, 3.8) is 0 Å². The van der Waals surface area contributed by atoms with Crippen molar-refractivity contribution in [1.82, 2.24) is 14.8 Å². The number of hydrogen-bond acceptors (Lipinski definition) is 4. The van der Waals surface area contributed by atoms with Gasteiger partial charge in [0, 0.05) is 50.3 Å². The van der Waals surface area contributed by atoms with Gasteiger partial charge >= 0.3 is 0 Å². The summed E-state index contributed by atoms with van der Waals surface area (Å²) in [6.45, 7) is 5.93. The van der Waals surface area contributed by atoms with Crippen molar-refractivity contribution in [2.24, 2.45) is 0 Å². The molecule has 31 heavy (non-hydrogen) atoms. The summed E-state index contributed by atoms with van der Waals surface area (Å²) >= 11 is 6.32. The highest BCUT2D eigenvalue weighted by molar-refractivity contribution is 6.32. The molecule has 1 aromatic carbocycles. The van der Waals surface area contributed by atoms with Crippen LogP contribution < -0.4 is 0 Å². The zero-order chi connectivity index (χ0) is 23.0. The highest BCUT2D eigenvalue weighted by Gasteiger charge is 2.14. The van der Waals surface area contributed by atoms with Gasteiger partial charge in [-0.15, -0.1) is 0 Å². The minimum absolute atomic E-state index is 0.00351. The third-order valence-electron chi connectivity index (χ3n) is 5.42. The van der Waals surface area contributed by atoms with Gasteiger partial charge in [-0.25, -0.2) is 0 Å². The van der Waals surface area contributed by atoms with E-state index in [-0.39, 0.29) is 18.4 Å². The first kappa shape index (κ1) is 25.1. The van der Waals surface area contributed by atoms with Crippen molar-refractivity contribution in [3.05, 3.63) is 69.5 Å². The first-order valence-electron chi connectivity index (χ1n) is 10.6. The van der Waals surface area contributed by atoms with Crippen molar-refractivity contribution in [3.8, 4) is 0 Å². The number of aliphatic hydroxyl groups excluding tert-OH is 1.